The molecule has 9 heteroatoms. The van der Waals surface area contributed by atoms with Gasteiger partial charge in [-0.15, -0.1) is 0 Å². The zero-order chi connectivity index (χ0) is 24.1. The van der Waals surface area contributed by atoms with Crippen molar-refractivity contribution in [1.82, 2.24) is 5.43 Å². The third-order valence-electron chi connectivity index (χ3n) is 4.57. The van der Waals surface area contributed by atoms with Gasteiger partial charge in [-0.1, -0.05) is 62.7 Å². The van der Waals surface area contributed by atoms with Gasteiger partial charge in [0.15, 0.2) is 6.61 Å². The van der Waals surface area contributed by atoms with Crippen LogP contribution in [0.15, 0.2) is 50.4 Å². The third-order valence-corrected chi connectivity index (χ3v) is 5.66. The number of rotatable bonds is 8. The lowest BCUT2D eigenvalue weighted by molar-refractivity contribution is -0.386. The lowest BCUT2D eigenvalue weighted by Crippen LogP contribution is -2.26. The first kappa shape index (κ1) is 26.0. The third kappa shape index (κ3) is 7.70. The maximum Gasteiger partial charge on any atom is 0.312 e. The Morgan fingerprint density at radius 1 is 1.19 bits per heavy atom. The summed E-state index contributed by atoms with van der Waals surface area (Å²) in [7, 11) is 0. The van der Waals surface area contributed by atoms with Crippen LogP contribution >= 0.6 is 31.9 Å². The molecule has 0 aliphatic heterocycles. The number of carbonyl (C=O) groups excluding carboxylic acids is 1. The van der Waals surface area contributed by atoms with E-state index in [4.69, 9.17) is 4.74 Å². The summed E-state index contributed by atoms with van der Waals surface area (Å²) in [6, 6.07) is 10.7. The fourth-order valence-electron chi connectivity index (χ4n) is 3.61. The standard InChI is InChI=1S/C23H27Br2N3O4/c1-22(2,3)14-23(4,5)16-10-18(25)21(19(11-16)28(30)31)32-13-20(29)27-26-12-15-7-6-8-17(24)9-15/h6-12H,13-14H2,1-5H3,(H,27,29). The molecule has 0 aromatic heterocycles. The van der Waals surface area contributed by atoms with Crippen LogP contribution in [-0.2, 0) is 10.2 Å². The smallest absolute Gasteiger partial charge is 0.312 e. The number of nitrogens with one attached hydrogen (secondary N) is 1. The van der Waals surface area contributed by atoms with Gasteiger partial charge in [0.25, 0.3) is 5.91 Å². The number of carbonyl (C=O) groups is 1. The van der Waals surface area contributed by atoms with Crippen molar-refractivity contribution in [3.8, 4) is 5.75 Å². The minimum absolute atomic E-state index is 0.0106. The Balaban J connectivity index is 2.14. The first-order chi connectivity index (χ1) is 14.8. The molecule has 1 amide bonds. The van der Waals surface area contributed by atoms with E-state index in [2.05, 4.69) is 77.0 Å². The second-order valence-electron chi connectivity index (χ2n) is 9.32. The number of benzene rings is 2. The molecular weight excluding hydrogens is 542 g/mol. The van der Waals surface area contributed by atoms with Gasteiger partial charge in [-0.25, -0.2) is 5.43 Å². The molecule has 0 saturated carbocycles. The molecule has 172 valence electrons. The van der Waals surface area contributed by atoms with Crippen LogP contribution in [0.25, 0.3) is 0 Å². The van der Waals surface area contributed by atoms with Crippen LogP contribution in [0.3, 0.4) is 0 Å². The van der Waals surface area contributed by atoms with Crippen LogP contribution in [0.4, 0.5) is 5.69 Å². The van der Waals surface area contributed by atoms with Gasteiger partial charge in [-0.3, -0.25) is 14.9 Å². The van der Waals surface area contributed by atoms with E-state index < -0.39 is 17.4 Å². The minimum Gasteiger partial charge on any atom is -0.476 e. The number of halogens is 2. The van der Waals surface area contributed by atoms with E-state index in [0.29, 0.717) is 4.47 Å². The fraction of sp³-hybridized carbons (Fsp3) is 0.391. The summed E-state index contributed by atoms with van der Waals surface area (Å²) in [5.74, 6) is -0.522. The molecule has 32 heavy (non-hydrogen) atoms. The molecule has 1 N–H and O–H groups in total. The molecular formula is C23H27Br2N3O4. The number of hydrogen-bond acceptors (Lipinski definition) is 5. The van der Waals surface area contributed by atoms with Crippen molar-refractivity contribution in [2.24, 2.45) is 10.5 Å². The molecule has 0 saturated heterocycles. The lowest BCUT2D eigenvalue weighted by Gasteiger charge is -2.33. The number of hydrazone groups is 1. The first-order valence-corrected chi connectivity index (χ1v) is 11.6. The zero-order valence-electron chi connectivity index (χ0n) is 18.7. The average molecular weight is 569 g/mol. The van der Waals surface area contributed by atoms with Gasteiger partial charge in [0.05, 0.1) is 15.6 Å². The number of hydrogen-bond donors (Lipinski definition) is 1. The van der Waals surface area contributed by atoms with Gasteiger partial charge in [0.2, 0.25) is 5.75 Å². The molecule has 0 fully saturated rings. The molecule has 0 spiro atoms. The average Bonchev–Trinajstić information content (AvgIpc) is 2.64. The number of nitro benzene ring substituents is 1. The molecule has 0 bridgehead atoms. The summed E-state index contributed by atoms with van der Waals surface area (Å²) in [5, 5.41) is 15.6. The number of amides is 1. The maximum atomic E-state index is 12.1. The van der Waals surface area contributed by atoms with Gasteiger partial charge in [-0.05, 0) is 62.5 Å². The first-order valence-electron chi connectivity index (χ1n) is 9.97. The van der Waals surface area contributed by atoms with E-state index in [1.54, 1.807) is 0 Å². The highest BCUT2D eigenvalue weighted by molar-refractivity contribution is 9.10. The lowest BCUT2D eigenvalue weighted by atomic mass is 9.72. The Hall–Kier alpha value is -2.26. The second kappa shape index (κ2) is 10.6. The van der Waals surface area contributed by atoms with Crippen molar-refractivity contribution in [1.29, 1.82) is 0 Å². The second-order valence-corrected chi connectivity index (χ2v) is 11.1. The molecule has 0 heterocycles. The quantitative estimate of drug-likeness (QED) is 0.228. The van der Waals surface area contributed by atoms with Crippen molar-refractivity contribution < 1.29 is 14.5 Å². The van der Waals surface area contributed by atoms with Gasteiger partial charge in [-0.2, -0.15) is 5.10 Å². The molecule has 0 radical (unpaired) electrons. The van der Waals surface area contributed by atoms with E-state index in [0.717, 1.165) is 22.0 Å². The molecule has 0 aliphatic carbocycles. The van der Waals surface area contributed by atoms with E-state index in [1.165, 1.54) is 12.3 Å². The van der Waals surface area contributed by atoms with E-state index >= 15 is 0 Å². The molecule has 2 rings (SSSR count). The minimum atomic E-state index is -0.533. The Kier molecular flexibility index (Phi) is 8.59. The molecule has 0 aliphatic rings. The van der Waals surface area contributed by atoms with E-state index in [9.17, 15) is 14.9 Å². The van der Waals surface area contributed by atoms with Crippen molar-refractivity contribution >= 4 is 49.7 Å². The van der Waals surface area contributed by atoms with Crippen LogP contribution < -0.4 is 10.2 Å². The van der Waals surface area contributed by atoms with Crippen molar-refractivity contribution in [3.05, 3.63) is 66.6 Å². The molecule has 2 aromatic carbocycles. The zero-order valence-corrected chi connectivity index (χ0v) is 21.9. The number of ether oxygens (including phenoxy) is 1. The molecule has 0 unspecified atom stereocenters. The molecule has 0 atom stereocenters. The van der Waals surface area contributed by atoms with Crippen LogP contribution in [-0.4, -0.2) is 23.7 Å². The summed E-state index contributed by atoms with van der Waals surface area (Å²) in [6.07, 6.45) is 2.33. The van der Waals surface area contributed by atoms with E-state index in [1.807, 2.05) is 30.3 Å². The summed E-state index contributed by atoms with van der Waals surface area (Å²) in [6.45, 7) is 10.1. The highest BCUT2D eigenvalue weighted by atomic mass is 79.9. The van der Waals surface area contributed by atoms with E-state index in [-0.39, 0.29) is 22.3 Å². The van der Waals surface area contributed by atoms with Crippen LogP contribution in [0, 0.1) is 15.5 Å². The van der Waals surface area contributed by atoms with Crippen molar-refractivity contribution in [2.45, 2.75) is 46.5 Å². The van der Waals surface area contributed by atoms with Crippen LogP contribution in [0.2, 0.25) is 0 Å². The fourth-order valence-corrected chi connectivity index (χ4v) is 4.59. The topological polar surface area (TPSA) is 93.8 Å². The predicted octanol–water partition coefficient (Wildman–Crippen LogP) is 6.36. The SMILES string of the molecule is CC(C)(C)CC(C)(C)c1cc(Br)c(OCC(=O)NN=Cc2cccc(Br)c2)c([N+](=O)[O-])c1. The Bertz CT molecular complexity index is 1030. The summed E-state index contributed by atoms with van der Waals surface area (Å²) in [4.78, 5) is 23.3. The summed E-state index contributed by atoms with van der Waals surface area (Å²) >= 11 is 6.74. The molecule has 2 aromatic rings. The maximum absolute atomic E-state index is 12.1. The monoisotopic (exact) mass is 567 g/mol. The highest BCUT2D eigenvalue weighted by Crippen LogP contribution is 2.43. The van der Waals surface area contributed by atoms with Crippen molar-refractivity contribution in [3.63, 3.8) is 0 Å². The Morgan fingerprint density at radius 2 is 1.88 bits per heavy atom. The van der Waals surface area contributed by atoms with Crippen LogP contribution in [0.1, 0.15) is 52.2 Å². The van der Waals surface area contributed by atoms with Gasteiger partial charge in [0, 0.05) is 10.5 Å². The highest BCUT2D eigenvalue weighted by Gasteiger charge is 2.31. The van der Waals surface area contributed by atoms with Crippen LogP contribution in [0.5, 0.6) is 5.75 Å². The Morgan fingerprint density at radius 3 is 2.47 bits per heavy atom. The number of nitrogens with zero attached hydrogens (tertiary/aromatic N) is 2. The summed E-state index contributed by atoms with van der Waals surface area (Å²) in [5.41, 5.74) is 3.54. The van der Waals surface area contributed by atoms with Gasteiger partial charge < -0.3 is 4.74 Å². The predicted molar refractivity (Wildman–Crippen MR) is 133 cm³/mol. The normalized spacial score (nSPS) is 12.1. The molecule has 7 nitrogen and oxygen atoms in total. The Labute approximate surface area is 205 Å². The van der Waals surface area contributed by atoms with Gasteiger partial charge in [0.1, 0.15) is 0 Å². The summed E-state index contributed by atoms with van der Waals surface area (Å²) < 4.78 is 6.82. The largest absolute Gasteiger partial charge is 0.476 e. The van der Waals surface area contributed by atoms with Crippen molar-refractivity contribution in [2.75, 3.05) is 6.61 Å². The number of nitro groups is 1. The van der Waals surface area contributed by atoms with Gasteiger partial charge >= 0.3 is 5.69 Å².